The van der Waals surface area contributed by atoms with Gasteiger partial charge in [0.25, 0.3) is 0 Å². The van der Waals surface area contributed by atoms with Gasteiger partial charge in [-0.2, -0.15) is 0 Å². The number of rotatable bonds is 9. The lowest BCUT2D eigenvalue weighted by Crippen LogP contribution is -2.34. The summed E-state index contributed by atoms with van der Waals surface area (Å²) >= 11 is 6.20. The van der Waals surface area contributed by atoms with Gasteiger partial charge >= 0.3 is 0 Å². The van der Waals surface area contributed by atoms with Crippen molar-refractivity contribution in [2.45, 2.75) is 45.7 Å². The highest BCUT2D eigenvalue weighted by Gasteiger charge is 2.22. The van der Waals surface area contributed by atoms with Gasteiger partial charge in [-0.3, -0.25) is 4.79 Å². The number of ether oxygens (including phenoxy) is 2. The molecule has 5 nitrogen and oxygen atoms in total. The topological polar surface area (TPSA) is 73.6 Å². The molecule has 2 atom stereocenters. The van der Waals surface area contributed by atoms with Crippen LogP contribution in [0.4, 0.5) is 4.39 Å². The minimum atomic E-state index is -0.544. The molecule has 0 unspecified atom stereocenters. The third-order valence-corrected chi connectivity index (χ3v) is 4.75. The number of hydrogen-bond donors (Lipinski definition) is 2. The minimum absolute atomic E-state index is 0.0483. The van der Waals surface area contributed by atoms with Crippen LogP contribution in [0.3, 0.4) is 0 Å². The molecule has 3 N–H and O–H groups in total. The molecule has 0 radical (unpaired) electrons. The first-order valence-corrected chi connectivity index (χ1v) is 9.49. The molecule has 0 saturated carbocycles. The predicted molar refractivity (Wildman–Crippen MR) is 109 cm³/mol. The highest BCUT2D eigenvalue weighted by Crippen LogP contribution is 2.37. The summed E-state index contributed by atoms with van der Waals surface area (Å²) in [4.78, 5) is 11.1. The maximum Gasteiger partial charge on any atom is 0.218 e. The van der Waals surface area contributed by atoms with E-state index in [4.69, 9.17) is 26.8 Å². The number of hydrogen-bond acceptors (Lipinski definition) is 4. The van der Waals surface area contributed by atoms with Crippen molar-refractivity contribution in [1.29, 1.82) is 0 Å². The van der Waals surface area contributed by atoms with Crippen molar-refractivity contribution in [2.75, 3.05) is 7.11 Å². The van der Waals surface area contributed by atoms with Gasteiger partial charge in [0.05, 0.1) is 12.1 Å². The Morgan fingerprint density at radius 2 is 2.04 bits per heavy atom. The molecule has 0 aromatic heterocycles. The largest absolute Gasteiger partial charge is 0.496 e. The number of nitrogens with one attached hydrogen (secondary N) is 1. The van der Waals surface area contributed by atoms with Crippen molar-refractivity contribution in [1.82, 2.24) is 5.32 Å². The Morgan fingerprint density at radius 3 is 2.64 bits per heavy atom. The number of carbonyl (C=O) groups excluding carboxylic acids is 1. The van der Waals surface area contributed by atoms with E-state index in [2.05, 4.69) is 5.32 Å². The van der Waals surface area contributed by atoms with Gasteiger partial charge in [-0.05, 0) is 38.0 Å². The van der Waals surface area contributed by atoms with Crippen LogP contribution >= 0.6 is 11.6 Å². The molecule has 7 heteroatoms. The first-order valence-electron chi connectivity index (χ1n) is 9.11. The van der Waals surface area contributed by atoms with Crippen molar-refractivity contribution in [3.05, 3.63) is 52.3 Å². The molecule has 0 spiro atoms. The van der Waals surface area contributed by atoms with Gasteiger partial charge in [-0.15, -0.1) is 0 Å². The van der Waals surface area contributed by atoms with Crippen LogP contribution in [-0.2, 0) is 4.79 Å². The third-order valence-electron chi connectivity index (χ3n) is 4.46. The van der Waals surface area contributed by atoms with Crippen LogP contribution in [0.15, 0.2) is 30.3 Å². The average molecular weight is 409 g/mol. The van der Waals surface area contributed by atoms with E-state index < -0.39 is 11.7 Å². The lowest BCUT2D eigenvalue weighted by Gasteiger charge is -2.23. The van der Waals surface area contributed by atoms with E-state index in [1.165, 1.54) is 0 Å². The zero-order valence-corrected chi connectivity index (χ0v) is 17.3. The second kappa shape index (κ2) is 9.75. The van der Waals surface area contributed by atoms with E-state index in [1.54, 1.807) is 31.4 Å². The quantitative estimate of drug-likeness (QED) is 0.619. The number of halogens is 2. The molecule has 0 heterocycles. The van der Waals surface area contributed by atoms with Crippen molar-refractivity contribution < 1.29 is 18.7 Å². The van der Waals surface area contributed by atoms with E-state index in [9.17, 15) is 4.79 Å². The Labute approximate surface area is 170 Å². The molecule has 0 fully saturated rings. The molecule has 0 bridgehead atoms. The monoisotopic (exact) mass is 408 g/mol. The Morgan fingerprint density at radius 1 is 1.32 bits per heavy atom. The first kappa shape index (κ1) is 22.0. The molecule has 1 amide bonds. The van der Waals surface area contributed by atoms with Crippen LogP contribution in [0.1, 0.15) is 43.9 Å². The van der Waals surface area contributed by atoms with E-state index in [1.807, 2.05) is 26.8 Å². The lowest BCUT2D eigenvalue weighted by molar-refractivity contribution is -0.118. The molecule has 0 aliphatic rings. The van der Waals surface area contributed by atoms with Crippen LogP contribution in [0.5, 0.6) is 17.2 Å². The number of benzene rings is 2. The number of primary amides is 1. The molecule has 2 rings (SSSR count). The number of amides is 1. The fraction of sp³-hybridized carbons (Fsp3) is 0.381. The molecule has 28 heavy (non-hydrogen) atoms. The summed E-state index contributed by atoms with van der Waals surface area (Å²) in [5.74, 6) is 0.0522. The standard InChI is InChI=1S/C21H26ClFN2O3/c1-5-17(25-13(3)10-19(24)26)15-8-9-16(22)21(20(15)23)28-14-7-6-12(2)18(11-14)27-4/h6-9,11,13,17,25H,5,10H2,1-4H3,(H2,24,26)/t13-,17+/m0/s1. The summed E-state index contributed by atoms with van der Waals surface area (Å²) in [6.45, 7) is 5.66. The van der Waals surface area contributed by atoms with Gasteiger partial charge in [-0.25, -0.2) is 4.39 Å². The summed E-state index contributed by atoms with van der Waals surface area (Å²) in [6.07, 6.45) is 0.775. The number of nitrogens with two attached hydrogens (primary N) is 1. The Hall–Kier alpha value is -2.31. The van der Waals surface area contributed by atoms with Gasteiger partial charge in [0.1, 0.15) is 11.5 Å². The predicted octanol–water partition coefficient (Wildman–Crippen LogP) is 4.89. The minimum Gasteiger partial charge on any atom is -0.496 e. The van der Waals surface area contributed by atoms with Crippen LogP contribution in [0, 0.1) is 12.7 Å². The molecule has 0 aliphatic heterocycles. The normalized spacial score (nSPS) is 13.1. The van der Waals surface area contributed by atoms with Crippen LogP contribution < -0.4 is 20.5 Å². The van der Waals surface area contributed by atoms with Gasteiger partial charge < -0.3 is 20.5 Å². The van der Waals surface area contributed by atoms with Gasteiger partial charge in [0.2, 0.25) is 5.91 Å². The third kappa shape index (κ3) is 5.36. The molecule has 2 aromatic rings. The van der Waals surface area contributed by atoms with Gasteiger partial charge in [0, 0.05) is 30.1 Å². The highest BCUT2D eigenvalue weighted by atomic mass is 35.5. The molecule has 0 saturated heterocycles. The zero-order valence-electron chi connectivity index (χ0n) is 16.5. The average Bonchev–Trinajstić information content (AvgIpc) is 2.64. The Balaban J connectivity index is 2.33. The van der Waals surface area contributed by atoms with Gasteiger partial charge in [-0.1, -0.05) is 30.7 Å². The fourth-order valence-corrected chi connectivity index (χ4v) is 3.21. The van der Waals surface area contributed by atoms with E-state index in [-0.39, 0.29) is 29.3 Å². The number of carbonyl (C=O) groups is 1. The maximum absolute atomic E-state index is 15.3. The van der Waals surface area contributed by atoms with E-state index in [0.29, 0.717) is 23.5 Å². The van der Waals surface area contributed by atoms with E-state index >= 15 is 4.39 Å². The van der Waals surface area contributed by atoms with Crippen molar-refractivity contribution in [2.24, 2.45) is 5.73 Å². The summed E-state index contributed by atoms with van der Waals surface area (Å²) in [5, 5.41) is 3.40. The van der Waals surface area contributed by atoms with Crippen molar-refractivity contribution in [3.63, 3.8) is 0 Å². The Kier molecular flexibility index (Phi) is 7.66. The second-order valence-electron chi connectivity index (χ2n) is 6.71. The van der Waals surface area contributed by atoms with Crippen LogP contribution in [0.25, 0.3) is 0 Å². The fourth-order valence-electron chi connectivity index (χ4n) is 3.02. The second-order valence-corrected chi connectivity index (χ2v) is 7.12. The molecular formula is C21H26ClFN2O3. The van der Waals surface area contributed by atoms with Crippen molar-refractivity contribution in [3.8, 4) is 17.2 Å². The summed E-state index contributed by atoms with van der Waals surface area (Å²) in [5.41, 5.74) is 6.60. The number of methoxy groups -OCH3 is 1. The van der Waals surface area contributed by atoms with Crippen LogP contribution in [0.2, 0.25) is 5.02 Å². The summed E-state index contributed by atoms with van der Waals surface area (Å²) in [7, 11) is 1.56. The first-order chi connectivity index (χ1) is 13.3. The zero-order chi connectivity index (χ0) is 20.8. The van der Waals surface area contributed by atoms with Crippen LogP contribution in [-0.4, -0.2) is 19.1 Å². The van der Waals surface area contributed by atoms with Gasteiger partial charge in [0.15, 0.2) is 11.6 Å². The molecule has 2 aromatic carbocycles. The smallest absolute Gasteiger partial charge is 0.218 e. The summed E-state index contributed by atoms with van der Waals surface area (Å²) in [6, 6.07) is 7.95. The molecule has 152 valence electrons. The molecular weight excluding hydrogens is 383 g/mol. The lowest BCUT2D eigenvalue weighted by atomic mass is 10.0. The Bertz CT molecular complexity index is 845. The van der Waals surface area contributed by atoms with Crippen molar-refractivity contribution >= 4 is 17.5 Å². The number of aryl methyl sites for hydroxylation is 1. The van der Waals surface area contributed by atoms with E-state index in [0.717, 1.165) is 5.56 Å². The highest BCUT2D eigenvalue weighted by molar-refractivity contribution is 6.32. The maximum atomic E-state index is 15.3. The SMILES string of the molecule is CC[C@@H](N[C@@H](C)CC(N)=O)c1ccc(Cl)c(Oc2ccc(C)c(OC)c2)c1F. The summed E-state index contributed by atoms with van der Waals surface area (Å²) < 4.78 is 26.3. The molecule has 0 aliphatic carbocycles.